The lowest BCUT2D eigenvalue weighted by Crippen LogP contribution is -2.41. The molecule has 3 fully saturated rings. The molecule has 2 saturated heterocycles. The standard InChI is InChI=1S/C22H20FN7O2S2/c23-14-6-16-18(33-21(24-16)25-20(31)9-29-8-13-5-12(29)10-32-13)7-17(14)34-22-27-26-19-4-3-15(11-1-2-11)28-30(19)22/h3-4,6-7,11-13H,1-2,5,8-10H2,(H,24,25,31). The molecule has 2 bridgehead atoms. The monoisotopic (exact) mass is 497 g/mol. The number of carbonyl (C=O) groups excluding carboxylic acids is 1. The fourth-order valence-electron chi connectivity index (χ4n) is 4.62. The van der Waals surface area contributed by atoms with Crippen LogP contribution in [0.5, 0.6) is 0 Å². The van der Waals surface area contributed by atoms with Crippen molar-refractivity contribution in [2.45, 2.75) is 47.4 Å². The van der Waals surface area contributed by atoms with E-state index in [1.54, 1.807) is 10.6 Å². The maximum Gasteiger partial charge on any atom is 0.240 e. The highest BCUT2D eigenvalue weighted by atomic mass is 32.2. The molecule has 174 valence electrons. The summed E-state index contributed by atoms with van der Waals surface area (Å²) in [5.74, 6) is -0.0180. The summed E-state index contributed by atoms with van der Waals surface area (Å²) in [6.07, 6.45) is 3.53. The number of nitrogens with zero attached hydrogens (tertiary/aromatic N) is 6. The molecule has 3 aromatic heterocycles. The number of amides is 1. The fourth-order valence-corrected chi connectivity index (χ4v) is 6.43. The van der Waals surface area contributed by atoms with Gasteiger partial charge in [0.05, 0.1) is 40.1 Å². The molecule has 1 aromatic carbocycles. The molecule has 2 atom stereocenters. The van der Waals surface area contributed by atoms with Gasteiger partial charge in [-0.3, -0.25) is 9.69 Å². The first kappa shape index (κ1) is 20.7. The first-order valence-corrected chi connectivity index (χ1v) is 12.9. The van der Waals surface area contributed by atoms with Crippen molar-refractivity contribution in [2.24, 2.45) is 0 Å². The summed E-state index contributed by atoms with van der Waals surface area (Å²) in [6, 6.07) is 7.34. The molecule has 1 saturated carbocycles. The number of aromatic nitrogens is 5. The van der Waals surface area contributed by atoms with Crippen molar-refractivity contribution in [1.29, 1.82) is 0 Å². The number of benzene rings is 1. The van der Waals surface area contributed by atoms with Gasteiger partial charge >= 0.3 is 0 Å². The van der Waals surface area contributed by atoms with E-state index >= 15 is 0 Å². The second kappa shape index (κ2) is 7.94. The molecule has 1 aliphatic carbocycles. The Hall–Kier alpha value is -2.67. The highest BCUT2D eigenvalue weighted by molar-refractivity contribution is 7.99. The topological polar surface area (TPSA) is 97.5 Å². The number of morpholine rings is 1. The van der Waals surface area contributed by atoms with Gasteiger partial charge in [-0.05, 0) is 49.2 Å². The number of likely N-dealkylation sites (tertiary alicyclic amines) is 1. The molecule has 1 N–H and O–H groups in total. The van der Waals surface area contributed by atoms with Gasteiger partial charge < -0.3 is 10.1 Å². The summed E-state index contributed by atoms with van der Waals surface area (Å²) < 4.78 is 23.0. The maximum absolute atomic E-state index is 14.9. The molecule has 34 heavy (non-hydrogen) atoms. The van der Waals surface area contributed by atoms with Crippen LogP contribution in [-0.2, 0) is 9.53 Å². The van der Waals surface area contributed by atoms with Gasteiger partial charge in [-0.1, -0.05) is 11.3 Å². The maximum atomic E-state index is 14.9. The van der Waals surface area contributed by atoms with Gasteiger partial charge in [0.15, 0.2) is 10.8 Å². The Balaban J connectivity index is 1.10. The third-order valence-electron chi connectivity index (χ3n) is 6.50. The molecule has 4 aromatic rings. The Kier molecular flexibility index (Phi) is 4.83. The number of nitrogens with one attached hydrogen (secondary N) is 1. The van der Waals surface area contributed by atoms with E-state index in [1.165, 1.54) is 29.2 Å². The number of halogens is 1. The van der Waals surface area contributed by atoms with Crippen LogP contribution in [0, 0.1) is 5.82 Å². The average Bonchev–Trinajstić information content (AvgIpc) is 3.11. The lowest BCUT2D eigenvalue weighted by molar-refractivity contribution is -0.118. The van der Waals surface area contributed by atoms with Crippen LogP contribution >= 0.6 is 23.1 Å². The molecule has 0 radical (unpaired) electrons. The van der Waals surface area contributed by atoms with Crippen molar-refractivity contribution in [2.75, 3.05) is 25.0 Å². The number of anilines is 1. The molecular weight excluding hydrogens is 477 g/mol. The van der Waals surface area contributed by atoms with Crippen LogP contribution < -0.4 is 5.32 Å². The summed E-state index contributed by atoms with van der Waals surface area (Å²) >= 11 is 2.51. The predicted octanol–water partition coefficient (Wildman–Crippen LogP) is 3.31. The summed E-state index contributed by atoms with van der Waals surface area (Å²) in [6.45, 7) is 1.79. The van der Waals surface area contributed by atoms with Crippen LogP contribution in [0.2, 0.25) is 0 Å². The van der Waals surface area contributed by atoms with Gasteiger partial charge in [0.2, 0.25) is 11.1 Å². The number of carbonyl (C=O) groups is 1. The third-order valence-corrected chi connectivity index (χ3v) is 8.40. The number of fused-ring (bicyclic) bond motifs is 4. The van der Waals surface area contributed by atoms with Crippen LogP contribution in [0.1, 0.15) is 30.9 Å². The van der Waals surface area contributed by atoms with Crippen molar-refractivity contribution >= 4 is 50.0 Å². The quantitative estimate of drug-likeness (QED) is 0.433. The SMILES string of the molecule is O=C(CN1CC2CC1CO2)Nc1nc2cc(F)c(Sc3nnc4ccc(C5CC5)nn34)cc2s1. The van der Waals surface area contributed by atoms with E-state index in [0.29, 0.717) is 51.5 Å². The second-order valence-electron chi connectivity index (χ2n) is 8.98. The zero-order valence-corrected chi connectivity index (χ0v) is 19.6. The number of rotatable bonds is 6. The fraction of sp³-hybridized carbons (Fsp3) is 0.409. The highest BCUT2D eigenvalue weighted by Crippen LogP contribution is 2.39. The van der Waals surface area contributed by atoms with Crippen LogP contribution in [0.15, 0.2) is 34.3 Å². The van der Waals surface area contributed by atoms with Gasteiger partial charge in [-0.15, -0.1) is 10.2 Å². The minimum Gasteiger partial charge on any atom is -0.375 e. The first-order chi connectivity index (χ1) is 16.6. The first-order valence-electron chi connectivity index (χ1n) is 11.2. The van der Waals surface area contributed by atoms with Crippen molar-refractivity contribution in [3.8, 4) is 0 Å². The summed E-state index contributed by atoms with van der Waals surface area (Å²) in [5, 5.41) is 16.9. The Morgan fingerprint density at radius 1 is 1.29 bits per heavy atom. The number of ether oxygens (including phenoxy) is 1. The zero-order valence-electron chi connectivity index (χ0n) is 18.0. The zero-order chi connectivity index (χ0) is 22.8. The lowest BCUT2D eigenvalue weighted by Gasteiger charge is -2.25. The van der Waals surface area contributed by atoms with E-state index in [9.17, 15) is 9.18 Å². The third kappa shape index (κ3) is 3.74. The highest BCUT2D eigenvalue weighted by Gasteiger charge is 2.39. The summed E-state index contributed by atoms with van der Waals surface area (Å²) in [4.78, 5) is 19.5. The minimum absolute atomic E-state index is 0.117. The molecular formula is C22H20FN7O2S2. The molecule has 5 heterocycles. The normalized spacial score (nSPS) is 22.3. The molecule has 7 rings (SSSR count). The van der Waals surface area contributed by atoms with E-state index in [0.717, 1.165) is 36.2 Å². The van der Waals surface area contributed by atoms with Crippen molar-refractivity contribution in [3.05, 3.63) is 35.8 Å². The number of thiazole rings is 1. The molecule has 0 spiro atoms. The van der Waals surface area contributed by atoms with Crippen molar-refractivity contribution < 1.29 is 13.9 Å². The minimum atomic E-state index is -0.399. The van der Waals surface area contributed by atoms with Crippen LogP contribution in [0.25, 0.3) is 15.9 Å². The largest absolute Gasteiger partial charge is 0.375 e. The Morgan fingerprint density at radius 3 is 3.00 bits per heavy atom. The van der Waals surface area contributed by atoms with E-state index in [2.05, 4.69) is 30.5 Å². The summed E-state index contributed by atoms with van der Waals surface area (Å²) in [5.41, 5.74) is 2.16. The lowest BCUT2D eigenvalue weighted by atomic mass is 10.2. The summed E-state index contributed by atoms with van der Waals surface area (Å²) in [7, 11) is 0. The second-order valence-corrected chi connectivity index (χ2v) is 11.0. The van der Waals surface area contributed by atoms with Gasteiger partial charge in [0, 0.05) is 24.6 Å². The number of hydrogen-bond acceptors (Lipinski definition) is 9. The smallest absolute Gasteiger partial charge is 0.240 e. The van der Waals surface area contributed by atoms with Gasteiger partial charge in [0.25, 0.3) is 0 Å². The molecule has 9 nitrogen and oxygen atoms in total. The Bertz CT molecular complexity index is 1440. The molecule has 1 amide bonds. The van der Waals surface area contributed by atoms with E-state index < -0.39 is 5.82 Å². The Morgan fingerprint density at radius 2 is 2.21 bits per heavy atom. The molecule has 2 unspecified atom stereocenters. The molecule has 2 aliphatic heterocycles. The van der Waals surface area contributed by atoms with E-state index in [1.807, 2.05) is 12.1 Å². The van der Waals surface area contributed by atoms with Crippen LogP contribution in [-0.4, -0.2) is 67.4 Å². The molecule has 12 heteroatoms. The van der Waals surface area contributed by atoms with Gasteiger partial charge in [-0.25, -0.2) is 9.37 Å². The average molecular weight is 498 g/mol. The predicted molar refractivity (Wildman–Crippen MR) is 125 cm³/mol. The van der Waals surface area contributed by atoms with Gasteiger partial charge in [0.1, 0.15) is 5.82 Å². The van der Waals surface area contributed by atoms with Crippen molar-refractivity contribution in [3.63, 3.8) is 0 Å². The van der Waals surface area contributed by atoms with E-state index in [-0.39, 0.29) is 12.0 Å². The molecule has 3 aliphatic rings. The van der Waals surface area contributed by atoms with Crippen molar-refractivity contribution in [1.82, 2.24) is 29.7 Å². The number of hydrogen-bond donors (Lipinski definition) is 1. The van der Waals surface area contributed by atoms with Crippen LogP contribution in [0.3, 0.4) is 0 Å². The van der Waals surface area contributed by atoms with E-state index in [4.69, 9.17) is 4.74 Å². The van der Waals surface area contributed by atoms with Gasteiger partial charge in [-0.2, -0.15) is 9.61 Å². The van der Waals surface area contributed by atoms with Crippen LogP contribution in [0.4, 0.5) is 9.52 Å². The Labute approximate surface area is 201 Å².